The maximum absolute atomic E-state index is 8.12. The fraction of sp³-hybridized carbons (Fsp3) is 0.600. The smallest absolute Gasteiger partial charge is 0.0543 e. The molecule has 0 bridgehead atoms. The Labute approximate surface area is 53.5 Å². The molecule has 0 heterocycles. The van der Waals surface area contributed by atoms with Gasteiger partial charge in [-0.05, 0) is 19.8 Å². The van der Waals surface area contributed by atoms with E-state index < -0.39 is 0 Å². The van der Waals surface area contributed by atoms with Crippen LogP contribution >= 0.6 is 0 Å². The highest BCUT2D eigenvalue weighted by molar-refractivity contribution is 5.83. The number of hydrogen-bond acceptors (Lipinski definition) is 4. The van der Waals surface area contributed by atoms with Crippen molar-refractivity contribution in [2.45, 2.75) is 19.8 Å². The zero-order chi connectivity index (χ0) is 7.11. The highest BCUT2D eigenvalue weighted by Crippen LogP contribution is 1.88. The van der Waals surface area contributed by atoms with Crippen LogP contribution in [0.1, 0.15) is 19.8 Å². The van der Waals surface area contributed by atoms with Crippen LogP contribution in [0.15, 0.2) is 10.3 Å². The third kappa shape index (κ3) is 4.80. The summed E-state index contributed by atoms with van der Waals surface area (Å²) in [4.78, 5) is 0. The van der Waals surface area contributed by atoms with E-state index in [2.05, 4.69) is 10.3 Å². The van der Waals surface area contributed by atoms with E-state index in [-0.39, 0.29) is 0 Å². The summed E-state index contributed by atoms with van der Waals surface area (Å²) in [5.74, 6) is 0. The molecule has 0 rings (SSSR count). The summed E-state index contributed by atoms with van der Waals surface area (Å²) in [5.41, 5.74) is 0.634. The lowest BCUT2D eigenvalue weighted by molar-refractivity contribution is 0.316. The summed E-state index contributed by atoms with van der Waals surface area (Å²) in [6.45, 7) is 1.70. The molecule has 0 aromatic rings. The Balaban J connectivity index is 3.28. The molecule has 4 nitrogen and oxygen atoms in total. The third-order valence-electron chi connectivity index (χ3n) is 0.888. The second-order valence-corrected chi connectivity index (χ2v) is 1.67. The standard InChI is InChI=1S/C5H10N2O2/c1-5(7-9)3-2-4-6-8/h4,8-9H,2-3H2,1H3. The average molecular weight is 130 g/mol. The molecule has 9 heavy (non-hydrogen) atoms. The molecule has 52 valence electrons. The van der Waals surface area contributed by atoms with Gasteiger partial charge in [-0.3, -0.25) is 0 Å². The summed E-state index contributed by atoms with van der Waals surface area (Å²) in [6, 6.07) is 0. The van der Waals surface area contributed by atoms with Gasteiger partial charge < -0.3 is 10.4 Å². The molecule has 0 amide bonds. The zero-order valence-corrected chi connectivity index (χ0v) is 5.28. The monoisotopic (exact) mass is 130 g/mol. The molecule has 0 aliphatic heterocycles. The van der Waals surface area contributed by atoms with E-state index in [4.69, 9.17) is 10.4 Å². The average Bonchev–Trinajstić information content (AvgIpc) is 1.89. The lowest BCUT2D eigenvalue weighted by Gasteiger charge is -1.89. The van der Waals surface area contributed by atoms with Gasteiger partial charge in [-0.1, -0.05) is 5.16 Å². The predicted octanol–water partition coefficient (Wildman–Crippen LogP) is 1.08. The Bertz CT molecular complexity index is 120. The van der Waals surface area contributed by atoms with Crippen molar-refractivity contribution in [2.75, 3.05) is 0 Å². The van der Waals surface area contributed by atoms with E-state index in [1.165, 1.54) is 6.21 Å². The summed E-state index contributed by atoms with van der Waals surface area (Å²) >= 11 is 0. The lowest BCUT2D eigenvalue weighted by Crippen LogP contribution is -1.90. The largest absolute Gasteiger partial charge is 0.411 e. The van der Waals surface area contributed by atoms with Gasteiger partial charge in [-0.25, -0.2) is 0 Å². The molecule has 0 aliphatic carbocycles. The Hall–Kier alpha value is -1.06. The first-order chi connectivity index (χ1) is 4.31. The lowest BCUT2D eigenvalue weighted by atomic mass is 10.2. The van der Waals surface area contributed by atoms with Crippen LogP contribution in [0.3, 0.4) is 0 Å². The van der Waals surface area contributed by atoms with Crippen molar-refractivity contribution in [1.29, 1.82) is 0 Å². The molecule has 0 unspecified atom stereocenters. The second-order valence-electron chi connectivity index (χ2n) is 1.67. The quantitative estimate of drug-likeness (QED) is 0.341. The first-order valence-electron chi connectivity index (χ1n) is 2.64. The maximum atomic E-state index is 8.12. The van der Waals surface area contributed by atoms with Gasteiger partial charge in [0.2, 0.25) is 0 Å². The van der Waals surface area contributed by atoms with Crippen LogP contribution in [0.4, 0.5) is 0 Å². The van der Waals surface area contributed by atoms with Gasteiger partial charge in [0.15, 0.2) is 0 Å². The van der Waals surface area contributed by atoms with Gasteiger partial charge in [0, 0.05) is 6.21 Å². The molecule has 0 saturated carbocycles. The molecular formula is C5H10N2O2. The van der Waals surface area contributed by atoms with Crippen molar-refractivity contribution in [2.24, 2.45) is 10.3 Å². The van der Waals surface area contributed by atoms with Crippen molar-refractivity contribution in [3.63, 3.8) is 0 Å². The molecule has 0 fully saturated rings. The van der Waals surface area contributed by atoms with Gasteiger partial charge in [0.25, 0.3) is 0 Å². The van der Waals surface area contributed by atoms with Crippen molar-refractivity contribution in [3.8, 4) is 0 Å². The molecule has 0 aromatic carbocycles. The van der Waals surface area contributed by atoms with Gasteiger partial charge in [-0.2, -0.15) is 0 Å². The number of hydrogen-bond donors (Lipinski definition) is 2. The summed E-state index contributed by atoms with van der Waals surface area (Å²) in [7, 11) is 0. The van der Waals surface area contributed by atoms with E-state index in [0.29, 0.717) is 18.6 Å². The minimum absolute atomic E-state index is 0.604. The molecule has 0 aliphatic rings. The Morgan fingerprint density at radius 2 is 2.22 bits per heavy atom. The molecule has 0 atom stereocenters. The SMILES string of the molecule is CC(CCC=NO)=NO. The van der Waals surface area contributed by atoms with Crippen LogP contribution in [0.25, 0.3) is 0 Å². The predicted molar refractivity (Wildman–Crippen MR) is 34.4 cm³/mol. The molecular weight excluding hydrogens is 120 g/mol. The van der Waals surface area contributed by atoms with Gasteiger partial charge in [-0.15, -0.1) is 5.16 Å². The fourth-order valence-electron chi connectivity index (χ4n) is 0.381. The van der Waals surface area contributed by atoms with Gasteiger partial charge in [0.1, 0.15) is 0 Å². The maximum Gasteiger partial charge on any atom is 0.0543 e. The molecule has 0 aromatic heterocycles. The molecule has 0 spiro atoms. The summed E-state index contributed by atoms with van der Waals surface area (Å²) < 4.78 is 0. The van der Waals surface area contributed by atoms with Crippen LogP contribution in [-0.4, -0.2) is 22.3 Å². The third-order valence-corrected chi connectivity index (χ3v) is 0.888. The van der Waals surface area contributed by atoms with Crippen LogP contribution in [0.5, 0.6) is 0 Å². The van der Waals surface area contributed by atoms with Crippen molar-refractivity contribution >= 4 is 11.9 Å². The Morgan fingerprint density at radius 3 is 2.67 bits per heavy atom. The summed E-state index contributed by atoms with van der Waals surface area (Å²) in [6.07, 6.45) is 2.58. The van der Waals surface area contributed by atoms with Crippen molar-refractivity contribution in [3.05, 3.63) is 0 Å². The number of rotatable bonds is 3. The van der Waals surface area contributed by atoms with Crippen LogP contribution in [-0.2, 0) is 0 Å². The zero-order valence-electron chi connectivity index (χ0n) is 5.28. The van der Waals surface area contributed by atoms with Crippen molar-refractivity contribution < 1.29 is 10.4 Å². The van der Waals surface area contributed by atoms with Crippen molar-refractivity contribution in [1.82, 2.24) is 0 Å². The molecule has 2 N–H and O–H groups in total. The van der Waals surface area contributed by atoms with E-state index in [0.717, 1.165) is 0 Å². The van der Waals surface area contributed by atoms with Gasteiger partial charge >= 0.3 is 0 Å². The first kappa shape index (κ1) is 7.94. The Kier molecular flexibility index (Phi) is 4.49. The fourth-order valence-corrected chi connectivity index (χ4v) is 0.381. The number of oxime groups is 2. The summed E-state index contributed by atoms with van der Waals surface area (Å²) in [5, 5.41) is 21.7. The molecule has 0 radical (unpaired) electrons. The minimum atomic E-state index is 0.604. The van der Waals surface area contributed by atoms with E-state index in [1.807, 2.05) is 0 Å². The van der Waals surface area contributed by atoms with Crippen LogP contribution in [0.2, 0.25) is 0 Å². The van der Waals surface area contributed by atoms with E-state index in [9.17, 15) is 0 Å². The minimum Gasteiger partial charge on any atom is -0.411 e. The first-order valence-corrected chi connectivity index (χ1v) is 2.64. The topological polar surface area (TPSA) is 65.2 Å². The highest BCUT2D eigenvalue weighted by atomic mass is 16.4. The number of nitrogens with zero attached hydrogens (tertiary/aromatic N) is 2. The van der Waals surface area contributed by atoms with E-state index in [1.54, 1.807) is 6.92 Å². The van der Waals surface area contributed by atoms with Crippen LogP contribution in [0, 0.1) is 0 Å². The molecule has 0 saturated heterocycles. The normalized spacial score (nSPS) is 12.8. The molecule has 4 heteroatoms. The second kappa shape index (κ2) is 5.08. The highest BCUT2D eigenvalue weighted by Gasteiger charge is 1.87. The van der Waals surface area contributed by atoms with E-state index >= 15 is 0 Å². The Morgan fingerprint density at radius 1 is 1.56 bits per heavy atom. The van der Waals surface area contributed by atoms with Gasteiger partial charge in [0.05, 0.1) is 5.71 Å². The van der Waals surface area contributed by atoms with Crippen LogP contribution < -0.4 is 0 Å².